The number of hydrogen-bond donors (Lipinski definition) is 1. The maximum atomic E-state index is 12.8. The van der Waals surface area contributed by atoms with Crippen molar-refractivity contribution >= 4 is 68.5 Å². The van der Waals surface area contributed by atoms with E-state index in [-0.39, 0.29) is 5.91 Å². The fourth-order valence-corrected chi connectivity index (χ4v) is 3.72. The van der Waals surface area contributed by atoms with Crippen molar-refractivity contribution in [2.75, 3.05) is 5.32 Å². The number of rotatable bonds is 5. The van der Waals surface area contributed by atoms with Gasteiger partial charge in [0.05, 0.1) is 10.6 Å². The highest BCUT2D eigenvalue weighted by atomic mass is 127. The summed E-state index contributed by atoms with van der Waals surface area (Å²) >= 11 is 14.4. The van der Waals surface area contributed by atoms with E-state index in [0.717, 1.165) is 3.57 Å². The molecule has 8 heteroatoms. The van der Waals surface area contributed by atoms with Crippen molar-refractivity contribution in [3.8, 4) is 17.2 Å². The number of nitrogens with one attached hydrogen (secondary N) is 1. The number of aromatic nitrogens is 1. The lowest BCUT2D eigenvalue weighted by molar-refractivity contribution is -0.128. The Morgan fingerprint density at radius 3 is 2.55 bits per heavy atom. The van der Waals surface area contributed by atoms with Crippen LogP contribution in [0.15, 0.2) is 65.1 Å². The molecule has 1 heterocycles. The predicted molar refractivity (Wildman–Crippen MR) is 132 cm³/mol. The zero-order valence-electron chi connectivity index (χ0n) is 16.6. The summed E-state index contributed by atoms with van der Waals surface area (Å²) in [6.45, 7) is 3.39. The minimum Gasteiger partial charge on any atom is -0.478 e. The van der Waals surface area contributed by atoms with Crippen molar-refractivity contribution < 1.29 is 13.9 Å². The van der Waals surface area contributed by atoms with Crippen LogP contribution in [0, 0.1) is 3.57 Å². The number of fused-ring (bicyclic) bond motifs is 1. The molecule has 0 bridgehead atoms. The Morgan fingerprint density at radius 1 is 1.06 bits per heavy atom. The zero-order chi connectivity index (χ0) is 22.2. The highest BCUT2D eigenvalue weighted by Crippen LogP contribution is 2.32. The van der Waals surface area contributed by atoms with Gasteiger partial charge in [0.1, 0.15) is 11.3 Å². The summed E-state index contributed by atoms with van der Waals surface area (Å²) in [4.78, 5) is 17.4. The maximum absolute atomic E-state index is 12.8. The predicted octanol–water partition coefficient (Wildman–Crippen LogP) is 7.20. The van der Waals surface area contributed by atoms with E-state index in [1.807, 2.05) is 18.2 Å². The highest BCUT2D eigenvalue weighted by molar-refractivity contribution is 14.1. The molecule has 0 aliphatic heterocycles. The quantitative estimate of drug-likeness (QED) is 0.259. The number of carbonyl (C=O) groups is 1. The van der Waals surface area contributed by atoms with E-state index in [1.165, 1.54) is 0 Å². The first-order valence-corrected chi connectivity index (χ1v) is 11.2. The van der Waals surface area contributed by atoms with E-state index < -0.39 is 5.60 Å². The third kappa shape index (κ3) is 4.97. The van der Waals surface area contributed by atoms with Gasteiger partial charge in [-0.25, -0.2) is 4.98 Å². The summed E-state index contributed by atoms with van der Waals surface area (Å²) < 4.78 is 12.7. The first-order valence-electron chi connectivity index (χ1n) is 9.33. The molecule has 0 aliphatic carbocycles. The molecule has 4 aromatic rings. The van der Waals surface area contributed by atoms with Gasteiger partial charge in [0.2, 0.25) is 5.89 Å². The second kappa shape index (κ2) is 8.68. The van der Waals surface area contributed by atoms with Crippen LogP contribution in [0.25, 0.3) is 22.6 Å². The van der Waals surface area contributed by atoms with Gasteiger partial charge in [-0.3, -0.25) is 4.79 Å². The molecule has 0 radical (unpaired) electrons. The zero-order valence-corrected chi connectivity index (χ0v) is 20.2. The van der Waals surface area contributed by atoms with E-state index >= 15 is 0 Å². The molecule has 0 saturated heterocycles. The monoisotopic (exact) mass is 566 g/mol. The van der Waals surface area contributed by atoms with Gasteiger partial charge in [-0.15, -0.1) is 0 Å². The third-order valence-electron chi connectivity index (χ3n) is 4.54. The molecule has 31 heavy (non-hydrogen) atoms. The van der Waals surface area contributed by atoms with Gasteiger partial charge < -0.3 is 14.5 Å². The molecule has 5 nitrogen and oxygen atoms in total. The molecule has 0 aliphatic rings. The Bertz CT molecular complexity index is 1270. The molecule has 1 N–H and O–H groups in total. The molecule has 0 saturated carbocycles. The lowest BCUT2D eigenvalue weighted by Crippen LogP contribution is -2.42. The number of halogens is 3. The highest BCUT2D eigenvalue weighted by Gasteiger charge is 2.30. The summed E-state index contributed by atoms with van der Waals surface area (Å²) in [6, 6.07) is 17.8. The van der Waals surface area contributed by atoms with Gasteiger partial charge >= 0.3 is 0 Å². The molecule has 1 amide bonds. The van der Waals surface area contributed by atoms with Crippen molar-refractivity contribution in [3.63, 3.8) is 0 Å². The second-order valence-electron chi connectivity index (χ2n) is 7.35. The van der Waals surface area contributed by atoms with Crippen LogP contribution in [0.1, 0.15) is 13.8 Å². The molecule has 158 valence electrons. The first kappa shape index (κ1) is 21.9. The van der Waals surface area contributed by atoms with Gasteiger partial charge in [-0.2, -0.15) is 0 Å². The molecular formula is C23H17Cl2IN2O3. The number of hydrogen-bond acceptors (Lipinski definition) is 4. The average molecular weight is 567 g/mol. The Balaban J connectivity index is 1.55. The van der Waals surface area contributed by atoms with Crippen LogP contribution in [0.5, 0.6) is 5.75 Å². The maximum Gasteiger partial charge on any atom is 0.267 e. The van der Waals surface area contributed by atoms with Crippen LogP contribution in [-0.2, 0) is 4.79 Å². The third-order valence-corrected chi connectivity index (χ3v) is 5.79. The molecule has 0 unspecified atom stereocenters. The molecular weight excluding hydrogens is 550 g/mol. The number of anilines is 1. The lowest BCUT2D eigenvalue weighted by atomic mass is 10.1. The fraction of sp³-hybridized carbons (Fsp3) is 0.130. The molecule has 3 aromatic carbocycles. The number of benzene rings is 3. The summed E-state index contributed by atoms with van der Waals surface area (Å²) in [7, 11) is 0. The van der Waals surface area contributed by atoms with E-state index in [2.05, 4.69) is 32.9 Å². The standard InChI is InChI=1S/C23H17Cl2IN2O3/c1-23(2,31-16-7-3-13(24)4-8-16)22(29)27-15-6-10-20-19(12-15)28-21(30-20)17-11-14(26)5-9-18(17)25/h3-12H,1-2H3,(H,27,29). The average Bonchev–Trinajstić information content (AvgIpc) is 3.14. The molecule has 0 fully saturated rings. The van der Waals surface area contributed by atoms with Crippen molar-refractivity contribution in [2.24, 2.45) is 0 Å². The Labute approximate surface area is 202 Å². The van der Waals surface area contributed by atoms with Crippen molar-refractivity contribution in [3.05, 3.63) is 74.3 Å². The molecule has 0 atom stereocenters. The number of amides is 1. The smallest absolute Gasteiger partial charge is 0.267 e. The Kier molecular flexibility index (Phi) is 6.14. The number of oxazole rings is 1. The summed E-state index contributed by atoms with van der Waals surface area (Å²) in [5, 5.41) is 4.03. The summed E-state index contributed by atoms with van der Waals surface area (Å²) in [5.74, 6) is 0.676. The van der Waals surface area contributed by atoms with Crippen LogP contribution in [0.3, 0.4) is 0 Å². The Morgan fingerprint density at radius 2 is 1.81 bits per heavy atom. The normalized spacial score (nSPS) is 11.5. The SMILES string of the molecule is CC(C)(Oc1ccc(Cl)cc1)C(=O)Nc1ccc2oc(-c3cc(I)ccc3Cl)nc2c1. The minimum absolute atomic E-state index is 0.300. The van der Waals surface area contributed by atoms with E-state index in [4.69, 9.17) is 32.4 Å². The van der Waals surface area contributed by atoms with Crippen LogP contribution in [-0.4, -0.2) is 16.5 Å². The first-order chi connectivity index (χ1) is 14.7. The van der Waals surface area contributed by atoms with Gasteiger partial charge in [-0.05, 0) is 97.1 Å². The molecule has 0 spiro atoms. The van der Waals surface area contributed by atoms with Gasteiger partial charge in [0.25, 0.3) is 5.91 Å². The topological polar surface area (TPSA) is 64.4 Å². The van der Waals surface area contributed by atoms with Gasteiger partial charge in [0.15, 0.2) is 11.2 Å². The largest absolute Gasteiger partial charge is 0.478 e. The van der Waals surface area contributed by atoms with Crippen molar-refractivity contribution in [2.45, 2.75) is 19.4 Å². The molecule has 4 rings (SSSR count). The van der Waals surface area contributed by atoms with Crippen LogP contribution in [0.4, 0.5) is 5.69 Å². The van der Waals surface area contributed by atoms with Gasteiger partial charge in [-0.1, -0.05) is 23.2 Å². The van der Waals surface area contributed by atoms with Crippen molar-refractivity contribution in [1.82, 2.24) is 4.98 Å². The minimum atomic E-state index is -1.11. The van der Waals surface area contributed by atoms with Crippen molar-refractivity contribution in [1.29, 1.82) is 0 Å². The number of ether oxygens (including phenoxy) is 1. The van der Waals surface area contributed by atoms with E-state index in [0.29, 0.717) is 44.0 Å². The second-order valence-corrected chi connectivity index (χ2v) is 9.44. The molecule has 1 aromatic heterocycles. The number of carbonyl (C=O) groups excluding carboxylic acids is 1. The summed E-state index contributed by atoms with van der Waals surface area (Å²) in [6.07, 6.45) is 0. The summed E-state index contributed by atoms with van der Waals surface area (Å²) in [5.41, 5.74) is 1.40. The van der Waals surface area contributed by atoms with Crippen LogP contribution in [0.2, 0.25) is 10.0 Å². The van der Waals surface area contributed by atoms with E-state index in [1.54, 1.807) is 56.3 Å². The lowest BCUT2D eigenvalue weighted by Gasteiger charge is -2.25. The van der Waals surface area contributed by atoms with Crippen LogP contribution < -0.4 is 10.1 Å². The van der Waals surface area contributed by atoms with E-state index in [9.17, 15) is 4.79 Å². The number of nitrogens with zero attached hydrogens (tertiary/aromatic N) is 1. The fourth-order valence-electron chi connectivity index (χ4n) is 2.91. The van der Waals surface area contributed by atoms with Gasteiger partial charge in [0, 0.05) is 14.3 Å². The van der Waals surface area contributed by atoms with Crippen LogP contribution >= 0.6 is 45.8 Å². The Hall–Kier alpha value is -2.29.